The number of hydrogen-bond donors (Lipinski definition) is 0. The lowest BCUT2D eigenvalue weighted by molar-refractivity contribution is -0.0843. The third kappa shape index (κ3) is 3.48. The molecule has 4 rings (SSSR count). The molecule has 29 heavy (non-hydrogen) atoms. The molecular formula is C14H18F4N4O6S. The first kappa shape index (κ1) is 20.4. The lowest BCUT2D eigenvalue weighted by Crippen LogP contribution is -2.44. The van der Waals surface area contributed by atoms with E-state index in [4.69, 9.17) is 0 Å². The van der Waals surface area contributed by atoms with Gasteiger partial charge in [0.05, 0.1) is 24.2 Å². The largest absolute Gasteiger partial charge is 0.442 e. The van der Waals surface area contributed by atoms with Crippen molar-refractivity contribution in [1.82, 2.24) is 19.9 Å². The number of hydrogen-bond acceptors (Lipinski definition) is 6. The molecule has 0 unspecified atom stereocenters. The average molecular weight is 446 g/mol. The number of nitrogens with zero attached hydrogens (tertiary/aromatic N) is 4. The van der Waals surface area contributed by atoms with Gasteiger partial charge in [0.2, 0.25) is 0 Å². The Morgan fingerprint density at radius 3 is 1.48 bits per heavy atom. The fourth-order valence-electron chi connectivity index (χ4n) is 4.25. The minimum Gasteiger partial charge on any atom is -0.312 e. The Morgan fingerprint density at radius 1 is 0.759 bits per heavy atom. The van der Waals surface area contributed by atoms with Crippen molar-refractivity contribution in [2.75, 3.05) is 13.1 Å². The van der Waals surface area contributed by atoms with Crippen molar-refractivity contribution in [3.8, 4) is 0 Å². The van der Waals surface area contributed by atoms with Crippen LogP contribution in [0.3, 0.4) is 0 Å². The van der Waals surface area contributed by atoms with Gasteiger partial charge >= 0.3 is 22.5 Å². The average Bonchev–Trinajstić information content (AvgIpc) is 3.01. The molecule has 4 bridgehead atoms. The predicted octanol–water partition coefficient (Wildman–Crippen LogP) is 1.16. The van der Waals surface area contributed by atoms with Crippen molar-refractivity contribution in [1.29, 1.82) is 0 Å². The van der Waals surface area contributed by atoms with Gasteiger partial charge in [0.15, 0.2) is 0 Å². The number of alkyl halides is 4. The summed E-state index contributed by atoms with van der Waals surface area (Å²) in [6.07, 6.45) is -5.42. The van der Waals surface area contributed by atoms with Crippen molar-refractivity contribution in [3.63, 3.8) is 0 Å². The quantitative estimate of drug-likeness (QED) is 0.568. The molecule has 0 saturated carbocycles. The maximum absolute atomic E-state index is 13.0. The van der Waals surface area contributed by atoms with Crippen molar-refractivity contribution in [3.05, 3.63) is 0 Å². The number of piperidine rings is 2. The van der Waals surface area contributed by atoms with Crippen LogP contribution in [0, 0.1) is 0 Å². The van der Waals surface area contributed by atoms with E-state index in [2.05, 4.69) is 8.57 Å². The van der Waals surface area contributed by atoms with Gasteiger partial charge in [-0.25, -0.2) is 27.2 Å². The number of fused-ring (bicyclic) bond motifs is 4. The van der Waals surface area contributed by atoms with Crippen LogP contribution in [0.1, 0.15) is 25.7 Å². The van der Waals surface area contributed by atoms with Gasteiger partial charge < -0.3 is 9.80 Å². The second-order valence-corrected chi connectivity index (χ2v) is 8.46. The summed E-state index contributed by atoms with van der Waals surface area (Å²) in [5, 5.41) is 0.902. The zero-order valence-corrected chi connectivity index (χ0v) is 15.7. The fourth-order valence-corrected chi connectivity index (χ4v) is 5.05. The zero-order chi connectivity index (χ0) is 21.1. The van der Waals surface area contributed by atoms with Crippen LogP contribution in [0.4, 0.5) is 27.2 Å². The molecule has 0 aromatic rings. The van der Waals surface area contributed by atoms with Crippen LogP contribution >= 0.6 is 0 Å². The van der Waals surface area contributed by atoms with Crippen LogP contribution in [-0.4, -0.2) is 90.5 Å². The Hall–Kier alpha value is -1.87. The molecule has 0 N–H and O–H groups in total. The van der Waals surface area contributed by atoms with Crippen LogP contribution in [0.25, 0.3) is 0 Å². The first-order chi connectivity index (χ1) is 13.6. The van der Waals surface area contributed by atoms with E-state index >= 15 is 0 Å². The van der Waals surface area contributed by atoms with E-state index in [1.807, 2.05) is 0 Å². The summed E-state index contributed by atoms with van der Waals surface area (Å²) in [5.41, 5.74) is 0. The summed E-state index contributed by atoms with van der Waals surface area (Å²) in [5.74, 6) is 0. The van der Waals surface area contributed by atoms with E-state index in [0.29, 0.717) is 10.1 Å². The molecule has 10 nitrogen and oxygen atoms in total. The Balaban J connectivity index is 1.44. The van der Waals surface area contributed by atoms with Gasteiger partial charge in [0.1, 0.15) is 0 Å². The molecular weight excluding hydrogens is 428 g/mol. The number of carbonyl (C=O) groups is 2. The second kappa shape index (κ2) is 7.12. The highest BCUT2D eigenvalue weighted by atomic mass is 32.3. The lowest BCUT2D eigenvalue weighted by Gasteiger charge is -2.29. The summed E-state index contributed by atoms with van der Waals surface area (Å²) in [6, 6.07) is -6.30. The molecule has 4 aliphatic heterocycles. The minimum absolute atomic E-state index is 0.0223. The number of rotatable bonds is 6. The van der Waals surface area contributed by atoms with E-state index in [1.165, 1.54) is 0 Å². The highest BCUT2D eigenvalue weighted by Crippen LogP contribution is 2.35. The van der Waals surface area contributed by atoms with E-state index in [9.17, 15) is 35.6 Å². The molecule has 0 spiro atoms. The Bertz CT molecular complexity index is 743. The first-order valence-corrected chi connectivity index (χ1v) is 10.3. The van der Waals surface area contributed by atoms with E-state index in [1.54, 1.807) is 0 Å². The molecule has 164 valence electrons. The maximum atomic E-state index is 13.0. The molecule has 0 radical (unpaired) electrons. The fraction of sp³-hybridized carbons (Fsp3) is 0.857. The Labute approximate surface area is 163 Å². The zero-order valence-electron chi connectivity index (χ0n) is 14.9. The van der Waals surface area contributed by atoms with Gasteiger partial charge in [-0.1, -0.05) is 0 Å². The molecule has 0 aromatic carbocycles. The van der Waals surface area contributed by atoms with E-state index in [-0.39, 0.29) is 38.8 Å². The highest BCUT2D eigenvalue weighted by Gasteiger charge is 2.52. The highest BCUT2D eigenvalue weighted by molar-refractivity contribution is 7.81. The number of amides is 4. The summed E-state index contributed by atoms with van der Waals surface area (Å²) in [6.45, 7) is -0.253. The van der Waals surface area contributed by atoms with Gasteiger partial charge in [-0.15, -0.1) is 8.57 Å². The molecule has 4 saturated heterocycles. The molecule has 4 heterocycles. The minimum atomic E-state index is -4.99. The Kier molecular flexibility index (Phi) is 5.01. The first-order valence-electron chi connectivity index (χ1n) is 8.99. The van der Waals surface area contributed by atoms with Crippen LogP contribution in [0.15, 0.2) is 0 Å². The van der Waals surface area contributed by atoms with Gasteiger partial charge in [-0.3, -0.25) is 0 Å². The lowest BCUT2D eigenvalue weighted by atomic mass is 10.0. The summed E-state index contributed by atoms with van der Waals surface area (Å²) in [4.78, 5) is 26.2. The van der Waals surface area contributed by atoms with Crippen LogP contribution in [0.2, 0.25) is 0 Å². The van der Waals surface area contributed by atoms with Crippen molar-refractivity contribution >= 4 is 22.5 Å². The Morgan fingerprint density at radius 2 is 1.14 bits per heavy atom. The molecule has 4 amide bonds. The topological polar surface area (TPSA) is 99.7 Å². The van der Waals surface area contributed by atoms with Crippen LogP contribution in [0.5, 0.6) is 0 Å². The van der Waals surface area contributed by atoms with E-state index < -0.39 is 59.5 Å². The van der Waals surface area contributed by atoms with Crippen molar-refractivity contribution in [2.24, 2.45) is 0 Å². The van der Waals surface area contributed by atoms with Crippen molar-refractivity contribution < 1.29 is 44.1 Å². The molecule has 0 aliphatic carbocycles. The monoisotopic (exact) mass is 446 g/mol. The maximum Gasteiger partial charge on any atom is 0.442 e. The summed E-state index contributed by atoms with van der Waals surface area (Å²) >= 11 is 0. The standard InChI is InChI=1S/C14H18F4N4O6S/c15-11(16)9-3-1-7-5-19(9)13(23)21(7)27-29(25,26)28-22-8-2-4-10(12(17)18)20(6-8)14(22)24/h7-12H,1-6H2/t7-,8-,9+,10+/m1/s1. The second-order valence-electron chi connectivity index (χ2n) is 7.34. The molecule has 4 atom stereocenters. The number of carbonyl (C=O) groups excluding carboxylic acids is 2. The number of halogens is 4. The van der Waals surface area contributed by atoms with Crippen LogP contribution < -0.4 is 0 Å². The van der Waals surface area contributed by atoms with Gasteiger partial charge in [-0.05, 0) is 25.7 Å². The molecule has 4 aliphatic rings. The van der Waals surface area contributed by atoms with Gasteiger partial charge in [0, 0.05) is 13.1 Å². The number of hydroxylamine groups is 4. The normalized spacial score (nSPS) is 32.3. The van der Waals surface area contributed by atoms with Crippen LogP contribution in [-0.2, 0) is 19.0 Å². The number of urea groups is 2. The summed E-state index contributed by atoms with van der Waals surface area (Å²) in [7, 11) is -4.99. The molecule has 15 heteroatoms. The third-order valence-electron chi connectivity index (χ3n) is 5.66. The predicted molar refractivity (Wildman–Crippen MR) is 84.6 cm³/mol. The van der Waals surface area contributed by atoms with Gasteiger partial charge in [-0.2, -0.15) is 18.5 Å². The smallest absolute Gasteiger partial charge is 0.312 e. The molecule has 4 fully saturated rings. The van der Waals surface area contributed by atoms with Gasteiger partial charge in [0.25, 0.3) is 12.9 Å². The molecule has 0 aromatic heterocycles. The van der Waals surface area contributed by atoms with Crippen molar-refractivity contribution in [2.45, 2.75) is 62.7 Å². The van der Waals surface area contributed by atoms with E-state index in [0.717, 1.165) is 9.80 Å². The third-order valence-corrected chi connectivity index (χ3v) is 6.35. The summed E-state index contributed by atoms with van der Waals surface area (Å²) < 4.78 is 86.1. The SMILES string of the molecule is O=C1N2C[C@@H](CC[C@H]2C(F)F)N1OS(=O)(=O)ON1C(=O)N2C[C@H]1CC[C@H]2C(F)F.